The number of benzene rings is 2. The second-order valence-corrected chi connectivity index (χ2v) is 8.08. The SMILES string of the molecule is COc1cc(NC(=O)C(=O)c2c(C)ccc3c2cc(C)n3Cc2ccc(F)cc2Cl)ccn1. The molecule has 0 aliphatic rings. The highest BCUT2D eigenvalue weighted by Crippen LogP contribution is 2.29. The second-order valence-electron chi connectivity index (χ2n) is 7.67. The van der Waals surface area contributed by atoms with Crippen LogP contribution in [0.3, 0.4) is 0 Å². The molecule has 2 aromatic heterocycles. The highest BCUT2D eigenvalue weighted by molar-refractivity contribution is 6.48. The third kappa shape index (κ3) is 4.45. The van der Waals surface area contributed by atoms with Gasteiger partial charge in [-0.2, -0.15) is 0 Å². The first-order chi connectivity index (χ1) is 15.8. The van der Waals surface area contributed by atoms with Crippen LogP contribution in [0.1, 0.15) is 27.2 Å². The second kappa shape index (κ2) is 9.03. The number of anilines is 1. The van der Waals surface area contributed by atoms with Crippen molar-refractivity contribution in [1.82, 2.24) is 9.55 Å². The molecule has 4 aromatic rings. The van der Waals surface area contributed by atoms with Crippen LogP contribution in [-0.4, -0.2) is 28.4 Å². The van der Waals surface area contributed by atoms with Crippen molar-refractivity contribution >= 4 is 39.9 Å². The van der Waals surface area contributed by atoms with Crippen LogP contribution >= 0.6 is 11.6 Å². The summed E-state index contributed by atoms with van der Waals surface area (Å²) in [6.45, 7) is 4.09. The zero-order valence-corrected chi connectivity index (χ0v) is 19.0. The van der Waals surface area contributed by atoms with Crippen molar-refractivity contribution < 1.29 is 18.7 Å². The highest BCUT2D eigenvalue weighted by atomic mass is 35.5. The van der Waals surface area contributed by atoms with Gasteiger partial charge in [-0.3, -0.25) is 9.59 Å². The van der Waals surface area contributed by atoms with Gasteiger partial charge in [-0.05, 0) is 55.3 Å². The first-order valence-corrected chi connectivity index (χ1v) is 10.6. The van der Waals surface area contributed by atoms with Gasteiger partial charge in [-0.15, -0.1) is 0 Å². The molecule has 0 unspecified atom stereocenters. The van der Waals surface area contributed by atoms with Crippen LogP contribution in [-0.2, 0) is 11.3 Å². The lowest BCUT2D eigenvalue weighted by Crippen LogP contribution is -2.24. The maximum Gasteiger partial charge on any atom is 0.296 e. The minimum absolute atomic E-state index is 0.325. The number of hydrogen-bond acceptors (Lipinski definition) is 4. The summed E-state index contributed by atoms with van der Waals surface area (Å²) in [6, 6.07) is 13.0. The van der Waals surface area contributed by atoms with Gasteiger partial charge in [0.2, 0.25) is 5.88 Å². The maximum absolute atomic E-state index is 13.4. The fourth-order valence-electron chi connectivity index (χ4n) is 3.81. The predicted octanol–water partition coefficient (Wildman–Crippen LogP) is 5.32. The van der Waals surface area contributed by atoms with Gasteiger partial charge in [0.25, 0.3) is 11.7 Å². The molecular formula is C25H21ClFN3O3. The number of ketones is 1. The number of fused-ring (bicyclic) bond motifs is 1. The Hall–Kier alpha value is -3.71. The number of rotatable bonds is 6. The minimum atomic E-state index is -0.758. The fourth-order valence-corrected chi connectivity index (χ4v) is 4.03. The molecule has 0 atom stereocenters. The molecule has 33 heavy (non-hydrogen) atoms. The summed E-state index contributed by atoms with van der Waals surface area (Å²) in [6.07, 6.45) is 1.48. The molecule has 6 nitrogen and oxygen atoms in total. The normalized spacial score (nSPS) is 10.9. The molecule has 8 heteroatoms. The molecular weight excluding hydrogens is 445 g/mol. The van der Waals surface area contributed by atoms with E-state index < -0.39 is 17.5 Å². The fraction of sp³-hybridized carbons (Fsp3) is 0.160. The number of halogens is 2. The first-order valence-electron chi connectivity index (χ1n) is 10.2. The third-order valence-electron chi connectivity index (χ3n) is 5.48. The van der Waals surface area contributed by atoms with E-state index in [4.69, 9.17) is 16.3 Å². The van der Waals surface area contributed by atoms with Gasteiger partial charge in [0.15, 0.2) is 0 Å². The highest BCUT2D eigenvalue weighted by Gasteiger charge is 2.23. The number of carbonyl (C=O) groups is 2. The Morgan fingerprint density at radius 3 is 2.64 bits per heavy atom. The minimum Gasteiger partial charge on any atom is -0.481 e. The van der Waals surface area contributed by atoms with E-state index in [-0.39, 0.29) is 0 Å². The number of ether oxygens (including phenoxy) is 1. The van der Waals surface area contributed by atoms with E-state index in [1.165, 1.54) is 31.5 Å². The summed E-state index contributed by atoms with van der Waals surface area (Å²) < 4.78 is 20.5. The van der Waals surface area contributed by atoms with E-state index in [9.17, 15) is 14.0 Å². The smallest absolute Gasteiger partial charge is 0.296 e. The van der Waals surface area contributed by atoms with Crippen LogP contribution in [0.15, 0.2) is 54.7 Å². The van der Waals surface area contributed by atoms with Crippen LogP contribution < -0.4 is 10.1 Å². The molecule has 4 rings (SSSR count). The van der Waals surface area contributed by atoms with Crippen molar-refractivity contribution in [2.75, 3.05) is 12.4 Å². The molecule has 0 spiro atoms. The van der Waals surface area contributed by atoms with Crippen LogP contribution in [0.25, 0.3) is 10.9 Å². The molecule has 0 saturated heterocycles. The van der Waals surface area contributed by atoms with Gasteiger partial charge >= 0.3 is 0 Å². The van der Waals surface area contributed by atoms with E-state index in [1.54, 1.807) is 25.1 Å². The average Bonchev–Trinajstić information content (AvgIpc) is 3.10. The maximum atomic E-state index is 13.4. The molecule has 0 saturated carbocycles. The van der Waals surface area contributed by atoms with Crippen LogP contribution in [0.2, 0.25) is 5.02 Å². The quantitative estimate of drug-likeness (QED) is 0.309. The number of amides is 1. The van der Waals surface area contributed by atoms with Crippen LogP contribution in [0, 0.1) is 19.7 Å². The molecule has 168 valence electrons. The first kappa shape index (κ1) is 22.5. The zero-order chi connectivity index (χ0) is 23.7. The van der Waals surface area contributed by atoms with Gasteiger partial charge in [-0.1, -0.05) is 23.7 Å². The van der Waals surface area contributed by atoms with E-state index in [2.05, 4.69) is 10.3 Å². The van der Waals surface area contributed by atoms with E-state index >= 15 is 0 Å². The topological polar surface area (TPSA) is 73.2 Å². The molecule has 0 fully saturated rings. The lowest BCUT2D eigenvalue weighted by molar-refractivity contribution is -0.112. The molecule has 0 radical (unpaired) electrons. The van der Waals surface area contributed by atoms with Crippen molar-refractivity contribution in [3.05, 3.63) is 88.0 Å². The van der Waals surface area contributed by atoms with Gasteiger partial charge in [0, 0.05) is 51.7 Å². The number of pyridine rings is 1. The molecule has 1 amide bonds. The summed E-state index contributed by atoms with van der Waals surface area (Å²) in [7, 11) is 1.47. The zero-order valence-electron chi connectivity index (χ0n) is 18.3. The van der Waals surface area contributed by atoms with Gasteiger partial charge in [0.05, 0.1) is 7.11 Å². The number of aromatic nitrogens is 2. The standard InChI is InChI=1S/C25H21ClFN3O3/c1-14-4-7-21-19(10-15(2)30(21)13-16-5-6-17(27)11-20(16)26)23(14)24(31)25(32)29-18-8-9-28-22(12-18)33-3/h4-12H,13H2,1-3H3,(H,28,29,32). The van der Waals surface area contributed by atoms with E-state index in [0.29, 0.717) is 39.6 Å². The largest absolute Gasteiger partial charge is 0.481 e. The molecule has 1 N–H and O–H groups in total. The Kier molecular flexibility index (Phi) is 6.16. The summed E-state index contributed by atoms with van der Waals surface area (Å²) >= 11 is 6.22. The summed E-state index contributed by atoms with van der Waals surface area (Å²) in [5.41, 5.74) is 3.83. The van der Waals surface area contributed by atoms with Crippen LogP contribution in [0.4, 0.5) is 10.1 Å². The van der Waals surface area contributed by atoms with Crippen molar-refractivity contribution in [1.29, 1.82) is 0 Å². The molecule has 2 aromatic carbocycles. The molecule has 2 heterocycles. The third-order valence-corrected chi connectivity index (χ3v) is 5.83. The summed E-state index contributed by atoms with van der Waals surface area (Å²) in [5.74, 6) is -1.48. The summed E-state index contributed by atoms with van der Waals surface area (Å²) in [5, 5.41) is 3.60. The van der Waals surface area contributed by atoms with Gasteiger partial charge in [0.1, 0.15) is 5.82 Å². The molecule has 0 bridgehead atoms. The lowest BCUT2D eigenvalue weighted by atomic mass is 9.99. The number of methoxy groups -OCH3 is 1. The Labute approximate surface area is 195 Å². The lowest BCUT2D eigenvalue weighted by Gasteiger charge is -2.12. The Bertz CT molecular complexity index is 1400. The van der Waals surface area contributed by atoms with E-state index in [0.717, 1.165) is 16.8 Å². The molecule has 0 aliphatic heterocycles. The number of nitrogens with one attached hydrogen (secondary N) is 1. The Morgan fingerprint density at radius 2 is 1.91 bits per heavy atom. The average molecular weight is 466 g/mol. The number of nitrogens with zero attached hydrogens (tertiary/aromatic N) is 2. The number of aryl methyl sites for hydroxylation is 2. The predicted molar refractivity (Wildman–Crippen MR) is 126 cm³/mol. The van der Waals surface area contributed by atoms with Crippen molar-refractivity contribution in [2.24, 2.45) is 0 Å². The van der Waals surface area contributed by atoms with Crippen molar-refractivity contribution in [3.8, 4) is 5.88 Å². The molecule has 0 aliphatic carbocycles. The van der Waals surface area contributed by atoms with Crippen molar-refractivity contribution in [3.63, 3.8) is 0 Å². The summed E-state index contributed by atoms with van der Waals surface area (Å²) in [4.78, 5) is 30.0. The Balaban J connectivity index is 1.70. The van der Waals surface area contributed by atoms with Gasteiger partial charge in [-0.25, -0.2) is 9.37 Å². The van der Waals surface area contributed by atoms with E-state index in [1.807, 2.05) is 23.6 Å². The van der Waals surface area contributed by atoms with Crippen molar-refractivity contribution in [2.45, 2.75) is 20.4 Å². The van der Waals surface area contributed by atoms with Gasteiger partial charge < -0.3 is 14.6 Å². The monoisotopic (exact) mass is 465 g/mol. The number of Topliss-reactive ketones (excluding diaryl/α,β-unsaturated/α-hetero) is 1. The Morgan fingerprint density at radius 1 is 1.12 bits per heavy atom. The van der Waals surface area contributed by atoms with Crippen LogP contribution in [0.5, 0.6) is 5.88 Å². The number of hydrogen-bond donors (Lipinski definition) is 1. The number of carbonyl (C=O) groups excluding carboxylic acids is 2.